The highest BCUT2D eigenvalue weighted by Crippen LogP contribution is 2.39. The van der Waals surface area contributed by atoms with Crippen molar-refractivity contribution in [2.75, 3.05) is 0 Å². The lowest BCUT2D eigenvalue weighted by Crippen LogP contribution is -2.08. The molecule has 0 bridgehead atoms. The Morgan fingerprint density at radius 2 is 1.78 bits per heavy atom. The Hall–Kier alpha value is -1.50. The summed E-state index contributed by atoms with van der Waals surface area (Å²) in [5.74, 6) is 0. The fourth-order valence-corrected chi connectivity index (χ4v) is 4.99. The zero-order valence-corrected chi connectivity index (χ0v) is 17.3. The van der Waals surface area contributed by atoms with Crippen LogP contribution in [0.1, 0.15) is 35.4 Å². The molecule has 27 heavy (non-hydrogen) atoms. The van der Waals surface area contributed by atoms with Gasteiger partial charge in [0.1, 0.15) is 0 Å². The fourth-order valence-electron chi connectivity index (χ4n) is 3.20. The molecule has 0 fully saturated rings. The minimum Gasteiger partial charge on any atom is -0.390 e. The Bertz CT molecular complexity index is 923. The summed E-state index contributed by atoms with van der Waals surface area (Å²) in [5, 5.41) is 22.4. The highest BCUT2D eigenvalue weighted by atomic mass is 35.5. The third kappa shape index (κ3) is 4.50. The van der Waals surface area contributed by atoms with Crippen LogP contribution in [0.3, 0.4) is 0 Å². The molecule has 0 aliphatic carbocycles. The molecule has 1 atom stereocenters. The smallest absolute Gasteiger partial charge is 0.0837 e. The zero-order chi connectivity index (χ0) is 19.6. The first-order chi connectivity index (χ1) is 12.9. The molecule has 0 saturated heterocycles. The van der Waals surface area contributed by atoms with E-state index >= 15 is 0 Å². The summed E-state index contributed by atoms with van der Waals surface area (Å²) in [4.78, 5) is 4.95. The lowest BCUT2D eigenvalue weighted by atomic mass is 10.1. The van der Waals surface area contributed by atoms with Crippen molar-refractivity contribution in [3.63, 3.8) is 0 Å². The number of rotatable bonds is 6. The van der Waals surface area contributed by atoms with Gasteiger partial charge in [0.2, 0.25) is 0 Å². The van der Waals surface area contributed by atoms with Crippen molar-refractivity contribution in [1.29, 1.82) is 0 Å². The fraction of sp³-hybridized carbons (Fsp3) is 0.250. The lowest BCUT2D eigenvalue weighted by Gasteiger charge is -2.14. The number of hydrogen-bond donors (Lipinski definition) is 2. The van der Waals surface area contributed by atoms with Gasteiger partial charge in [-0.05, 0) is 55.3 Å². The Morgan fingerprint density at radius 3 is 2.33 bits per heavy atom. The van der Waals surface area contributed by atoms with Gasteiger partial charge in [0.15, 0.2) is 0 Å². The predicted molar refractivity (Wildman–Crippen MR) is 110 cm³/mol. The van der Waals surface area contributed by atoms with Crippen molar-refractivity contribution < 1.29 is 10.2 Å². The van der Waals surface area contributed by atoms with E-state index in [-0.39, 0.29) is 6.61 Å². The summed E-state index contributed by atoms with van der Waals surface area (Å²) in [6.45, 7) is 4.06. The van der Waals surface area contributed by atoms with E-state index < -0.39 is 6.10 Å². The zero-order valence-electron chi connectivity index (χ0n) is 15.0. The number of hydrogen-bond acceptors (Lipinski definition) is 4. The first kappa shape index (κ1) is 20.2. The van der Waals surface area contributed by atoms with E-state index in [0.29, 0.717) is 22.3 Å². The predicted octanol–water partition coefficient (Wildman–Crippen LogP) is 5.24. The van der Waals surface area contributed by atoms with Gasteiger partial charge in [-0.1, -0.05) is 35.0 Å². The van der Waals surface area contributed by atoms with E-state index in [1.165, 1.54) is 11.8 Å². The quantitative estimate of drug-likeness (QED) is 0.569. The summed E-state index contributed by atoms with van der Waals surface area (Å²) in [5.41, 5.74) is 3.44. The molecule has 0 spiro atoms. The molecule has 1 aromatic carbocycles. The summed E-state index contributed by atoms with van der Waals surface area (Å²) in [6, 6.07) is 9.26. The summed E-state index contributed by atoms with van der Waals surface area (Å²) < 4.78 is 2.03. The van der Waals surface area contributed by atoms with Crippen molar-refractivity contribution in [3.8, 4) is 0 Å². The molecule has 0 radical (unpaired) electrons. The Morgan fingerprint density at radius 1 is 1.15 bits per heavy atom. The molecule has 4 nitrogen and oxygen atoms in total. The first-order valence-corrected chi connectivity index (χ1v) is 10.0. The molecular weight excluding hydrogens is 403 g/mol. The molecule has 3 rings (SSSR count). The normalized spacial score (nSPS) is 12.4. The van der Waals surface area contributed by atoms with E-state index in [2.05, 4.69) is 4.98 Å². The third-order valence-electron chi connectivity index (χ3n) is 4.31. The minimum atomic E-state index is -0.687. The van der Waals surface area contributed by atoms with Gasteiger partial charge in [-0.2, -0.15) is 0 Å². The van der Waals surface area contributed by atoms with Crippen LogP contribution in [0.15, 0.2) is 52.6 Å². The highest BCUT2D eigenvalue weighted by Gasteiger charge is 2.23. The Labute approximate surface area is 172 Å². The molecule has 2 aromatic heterocycles. The van der Waals surface area contributed by atoms with Gasteiger partial charge in [0.25, 0.3) is 0 Å². The van der Waals surface area contributed by atoms with E-state index in [0.717, 1.165) is 26.6 Å². The van der Waals surface area contributed by atoms with Crippen LogP contribution < -0.4 is 0 Å². The Kier molecular flexibility index (Phi) is 6.50. The van der Waals surface area contributed by atoms with Gasteiger partial charge in [0.05, 0.1) is 23.4 Å². The number of aliphatic hydroxyl groups is 2. The van der Waals surface area contributed by atoms with Gasteiger partial charge in [-0.3, -0.25) is 4.98 Å². The van der Waals surface area contributed by atoms with Crippen molar-refractivity contribution in [3.05, 3.63) is 75.2 Å². The van der Waals surface area contributed by atoms with Gasteiger partial charge in [-0.25, -0.2) is 0 Å². The van der Waals surface area contributed by atoms with Gasteiger partial charge < -0.3 is 14.8 Å². The largest absolute Gasteiger partial charge is 0.390 e. The van der Waals surface area contributed by atoms with Crippen LogP contribution in [0.25, 0.3) is 0 Å². The molecule has 2 N–H and O–H groups in total. The molecule has 0 amide bonds. The summed E-state index contributed by atoms with van der Waals surface area (Å²) >= 11 is 13.8. The maximum Gasteiger partial charge on any atom is 0.0837 e. The van der Waals surface area contributed by atoms with Crippen molar-refractivity contribution >= 4 is 35.0 Å². The number of aromatic nitrogens is 2. The monoisotopic (exact) mass is 422 g/mol. The maximum atomic E-state index is 10.3. The van der Waals surface area contributed by atoms with Crippen molar-refractivity contribution in [2.45, 2.75) is 43.0 Å². The highest BCUT2D eigenvalue weighted by molar-refractivity contribution is 7.99. The molecule has 0 aliphatic heterocycles. The van der Waals surface area contributed by atoms with E-state index in [1.807, 2.05) is 35.8 Å². The molecule has 2 heterocycles. The second-order valence-electron chi connectivity index (χ2n) is 6.27. The summed E-state index contributed by atoms with van der Waals surface area (Å²) in [6.07, 6.45) is 2.79. The van der Waals surface area contributed by atoms with Gasteiger partial charge in [0, 0.05) is 39.4 Å². The van der Waals surface area contributed by atoms with Crippen LogP contribution in [0, 0.1) is 6.92 Å². The van der Waals surface area contributed by atoms with Gasteiger partial charge in [-0.15, -0.1) is 0 Å². The standard InChI is InChI=1S/C20H20Cl2N2O2S/c1-12-19(13(2)26)18(11-25)24(10-14-3-5-23-6-4-14)20(12)27-17-8-15(21)7-16(22)9-17/h3-9,13,25-26H,10-11H2,1-2H3. The number of aliphatic hydroxyl groups excluding tert-OH is 2. The average molecular weight is 423 g/mol. The average Bonchev–Trinajstić information content (AvgIpc) is 2.87. The first-order valence-electron chi connectivity index (χ1n) is 8.44. The minimum absolute atomic E-state index is 0.164. The molecular formula is C20H20Cl2N2O2S. The van der Waals surface area contributed by atoms with Crippen LogP contribution in [-0.2, 0) is 13.2 Å². The van der Waals surface area contributed by atoms with Gasteiger partial charge >= 0.3 is 0 Å². The number of pyridine rings is 1. The number of nitrogens with zero attached hydrogens (tertiary/aromatic N) is 2. The SMILES string of the molecule is Cc1c(C(C)O)c(CO)n(Cc2ccncc2)c1Sc1cc(Cl)cc(Cl)c1. The lowest BCUT2D eigenvalue weighted by molar-refractivity contribution is 0.191. The van der Waals surface area contributed by atoms with E-state index in [9.17, 15) is 10.2 Å². The van der Waals surface area contributed by atoms with Crippen molar-refractivity contribution in [1.82, 2.24) is 9.55 Å². The maximum absolute atomic E-state index is 10.3. The number of benzene rings is 1. The molecule has 0 aliphatic rings. The Balaban J connectivity index is 2.12. The van der Waals surface area contributed by atoms with Crippen LogP contribution in [0.4, 0.5) is 0 Å². The van der Waals surface area contributed by atoms with E-state index in [1.54, 1.807) is 25.4 Å². The molecule has 0 saturated carbocycles. The van der Waals surface area contributed by atoms with Crippen LogP contribution >= 0.6 is 35.0 Å². The molecule has 3 aromatic rings. The van der Waals surface area contributed by atoms with E-state index in [4.69, 9.17) is 23.2 Å². The van der Waals surface area contributed by atoms with Crippen LogP contribution in [0.5, 0.6) is 0 Å². The molecule has 142 valence electrons. The summed E-state index contributed by atoms with van der Waals surface area (Å²) in [7, 11) is 0. The second-order valence-corrected chi connectivity index (χ2v) is 8.21. The molecule has 7 heteroatoms. The second kappa shape index (κ2) is 8.67. The number of halogens is 2. The van der Waals surface area contributed by atoms with Crippen molar-refractivity contribution in [2.24, 2.45) is 0 Å². The topological polar surface area (TPSA) is 58.3 Å². The van der Waals surface area contributed by atoms with Crippen LogP contribution in [0.2, 0.25) is 10.0 Å². The van der Waals surface area contributed by atoms with Crippen LogP contribution in [-0.4, -0.2) is 19.8 Å². The molecule has 1 unspecified atom stereocenters. The third-order valence-corrected chi connectivity index (χ3v) is 5.94.